The van der Waals surface area contributed by atoms with E-state index in [1.165, 1.54) is 6.08 Å². The van der Waals surface area contributed by atoms with E-state index in [1.807, 2.05) is 6.07 Å². The van der Waals surface area contributed by atoms with Gasteiger partial charge in [0, 0.05) is 17.7 Å². The Morgan fingerprint density at radius 2 is 1.76 bits per heavy atom. The minimum atomic E-state index is -0.603. The van der Waals surface area contributed by atoms with Crippen LogP contribution in [0.25, 0.3) is 5.57 Å². The lowest BCUT2D eigenvalue weighted by molar-refractivity contribution is -0.111. The molecule has 0 aliphatic carbocycles. The van der Waals surface area contributed by atoms with Crippen molar-refractivity contribution < 1.29 is 19.1 Å². The number of allylic oxidation sites excluding steroid dienone is 1. The van der Waals surface area contributed by atoms with Crippen molar-refractivity contribution in [3.05, 3.63) is 59.7 Å². The van der Waals surface area contributed by atoms with Crippen LogP contribution in [-0.4, -0.2) is 26.0 Å². The number of anilines is 1. The lowest BCUT2D eigenvalue weighted by Gasteiger charge is -2.11. The Hall–Kier alpha value is -3.28. The van der Waals surface area contributed by atoms with Gasteiger partial charge in [-0.15, -0.1) is 0 Å². The zero-order chi connectivity index (χ0) is 18.4. The number of carbonyl (C=O) groups excluding carboxylic acids is 2. The number of ether oxygens (including phenoxy) is 2. The number of carbonyl (C=O) groups is 2. The highest BCUT2D eigenvalue weighted by Crippen LogP contribution is 2.30. The maximum atomic E-state index is 12.3. The van der Waals surface area contributed by atoms with Gasteiger partial charge in [-0.05, 0) is 36.8 Å². The summed E-state index contributed by atoms with van der Waals surface area (Å²) in [5, 5.41) is 2.67. The van der Waals surface area contributed by atoms with Gasteiger partial charge >= 0.3 is 0 Å². The summed E-state index contributed by atoms with van der Waals surface area (Å²) in [6, 6.07) is 11.9. The summed E-state index contributed by atoms with van der Waals surface area (Å²) in [7, 11) is 3.12. The average Bonchev–Trinajstić information content (AvgIpc) is 2.61. The van der Waals surface area contributed by atoms with E-state index >= 15 is 0 Å². The van der Waals surface area contributed by atoms with Gasteiger partial charge in [-0.2, -0.15) is 0 Å². The number of hydrogen-bond acceptors (Lipinski definition) is 4. The van der Waals surface area contributed by atoms with Crippen LogP contribution in [0.15, 0.2) is 48.5 Å². The van der Waals surface area contributed by atoms with Gasteiger partial charge in [0.25, 0.3) is 5.91 Å². The zero-order valence-corrected chi connectivity index (χ0v) is 14.3. The van der Waals surface area contributed by atoms with Crippen LogP contribution in [0.1, 0.15) is 22.8 Å². The standard InChI is InChI=1S/C19H20N2O4/c1-12(14-9-8-13(24-2)11-17(14)25-3)10-18(22)21-16-7-5-4-6-15(16)19(20)23/h4-11H,1-3H3,(H2,20,23)(H,21,22)/b12-10+. The molecule has 2 amide bonds. The molecule has 2 aromatic carbocycles. The summed E-state index contributed by atoms with van der Waals surface area (Å²) < 4.78 is 10.5. The molecule has 0 aromatic heterocycles. The van der Waals surface area contributed by atoms with E-state index in [0.29, 0.717) is 22.8 Å². The van der Waals surface area contributed by atoms with Crippen molar-refractivity contribution in [2.45, 2.75) is 6.92 Å². The van der Waals surface area contributed by atoms with Crippen LogP contribution in [0.3, 0.4) is 0 Å². The van der Waals surface area contributed by atoms with Gasteiger partial charge < -0.3 is 20.5 Å². The summed E-state index contributed by atoms with van der Waals surface area (Å²) >= 11 is 0. The van der Waals surface area contributed by atoms with Gasteiger partial charge in [0.05, 0.1) is 25.5 Å². The SMILES string of the molecule is COc1ccc(/C(C)=C/C(=O)Nc2ccccc2C(N)=O)c(OC)c1. The van der Waals surface area contributed by atoms with Crippen molar-refractivity contribution in [2.75, 3.05) is 19.5 Å². The number of amides is 2. The quantitative estimate of drug-likeness (QED) is 0.791. The highest BCUT2D eigenvalue weighted by atomic mass is 16.5. The Morgan fingerprint density at radius 3 is 2.40 bits per heavy atom. The van der Waals surface area contributed by atoms with Crippen molar-refractivity contribution in [3.8, 4) is 11.5 Å². The fourth-order valence-corrected chi connectivity index (χ4v) is 2.37. The smallest absolute Gasteiger partial charge is 0.250 e. The molecule has 0 saturated heterocycles. The topological polar surface area (TPSA) is 90.6 Å². The van der Waals surface area contributed by atoms with Gasteiger partial charge in [0.15, 0.2) is 0 Å². The molecule has 0 heterocycles. The molecule has 6 heteroatoms. The molecule has 0 aliphatic rings. The van der Waals surface area contributed by atoms with Crippen LogP contribution in [0, 0.1) is 0 Å². The van der Waals surface area contributed by atoms with Crippen molar-refractivity contribution in [1.29, 1.82) is 0 Å². The minimum Gasteiger partial charge on any atom is -0.497 e. The predicted molar refractivity (Wildman–Crippen MR) is 96.8 cm³/mol. The molecule has 6 nitrogen and oxygen atoms in total. The number of methoxy groups -OCH3 is 2. The van der Waals surface area contributed by atoms with E-state index in [9.17, 15) is 9.59 Å². The van der Waals surface area contributed by atoms with E-state index in [2.05, 4.69) is 5.32 Å². The van der Waals surface area contributed by atoms with Gasteiger partial charge in [-0.25, -0.2) is 0 Å². The van der Waals surface area contributed by atoms with Crippen LogP contribution < -0.4 is 20.5 Å². The Bertz CT molecular complexity index is 828. The molecule has 25 heavy (non-hydrogen) atoms. The maximum Gasteiger partial charge on any atom is 0.250 e. The molecule has 0 atom stereocenters. The normalized spacial score (nSPS) is 10.9. The first-order valence-electron chi connectivity index (χ1n) is 7.56. The molecule has 0 unspecified atom stereocenters. The molecule has 0 spiro atoms. The lowest BCUT2D eigenvalue weighted by Crippen LogP contribution is -2.17. The molecule has 2 rings (SSSR count). The van der Waals surface area contributed by atoms with Gasteiger partial charge in [-0.3, -0.25) is 9.59 Å². The Morgan fingerprint density at radius 1 is 1.04 bits per heavy atom. The number of primary amides is 1. The van der Waals surface area contributed by atoms with Gasteiger partial charge in [0.2, 0.25) is 5.91 Å². The highest BCUT2D eigenvalue weighted by Gasteiger charge is 2.11. The van der Waals surface area contributed by atoms with E-state index in [1.54, 1.807) is 57.5 Å². The second-order valence-corrected chi connectivity index (χ2v) is 5.29. The van der Waals surface area contributed by atoms with Gasteiger partial charge in [-0.1, -0.05) is 12.1 Å². The molecule has 3 N–H and O–H groups in total. The maximum absolute atomic E-state index is 12.3. The lowest BCUT2D eigenvalue weighted by atomic mass is 10.1. The number of para-hydroxylation sites is 1. The summed E-state index contributed by atoms with van der Waals surface area (Å²) in [6.07, 6.45) is 1.43. The van der Waals surface area contributed by atoms with Crippen LogP contribution in [0.5, 0.6) is 11.5 Å². The van der Waals surface area contributed by atoms with Crippen LogP contribution in [0.2, 0.25) is 0 Å². The molecule has 2 aromatic rings. The van der Waals surface area contributed by atoms with Crippen molar-refractivity contribution in [1.82, 2.24) is 0 Å². The number of hydrogen-bond donors (Lipinski definition) is 2. The second kappa shape index (κ2) is 8.01. The number of rotatable bonds is 6. The third-order valence-corrected chi connectivity index (χ3v) is 3.63. The Labute approximate surface area is 146 Å². The number of nitrogens with one attached hydrogen (secondary N) is 1. The number of benzene rings is 2. The highest BCUT2D eigenvalue weighted by molar-refractivity contribution is 6.08. The predicted octanol–water partition coefficient (Wildman–Crippen LogP) is 2.84. The fourth-order valence-electron chi connectivity index (χ4n) is 2.37. The molecular formula is C19H20N2O4. The molecule has 0 fully saturated rings. The van der Waals surface area contributed by atoms with Crippen molar-refractivity contribution in [3.63, 3.8) is 0 Å². The monoisotopic (exact) mass is 340 g/mol. The average molecular weight is 340 g/mol. The molecule has 0 aliphatic heterocycles. The molecule has 130 valence electrons. The summed E-state index contributed by atoms with van der Waals surface area (Å²) in [4.78, 5) is 23.7. The van der Waals surface area contributed by atoms with Crippen LogP contribution in [-0.2, 0) is 4.79 Å². The van der Waals surface area contributed by atoms with E-state index < -0.39 is 5.91 Å². The first-order valence-corrected chi connectivity index (χ1v) is 7.56. The Kier molecular flexibility index (Phi) is 5.79. The second-order valence-electron chi connectivity index (χ2n) is 5.29. The first-order chi connectivity index (χ1) is 12.0. The molecular weight excluding hydrogens is 320 g/mol. The third-order valence-electron chi connectivity index (χ3n) is 3.63. The number of nitrogens with two attached hydrogens (primary N) is 1. The molecule has 0 saturated carbocycles. The van der Waals surface area contributed by atoms with Crippen LogP contribution >= 0.6 is 0 Å². The molecule has 0 radical (unpaired) electrons. The first kappa shape index (κ1) is 18.1. The largest absolute Gasteiger partial charge is 0.497 e. The third kappa shape index (κ3) is 4.38. The molecule has 0 bridgehead atoms. The fraction of sp³-hybridized carbons (Fsp3) is 0.158. The van der Waals surface area contributed by atoms with Crippen LogP contribution in [0.4, 0.5) is 5.69 Å². The summed E-state index contributed by atoms with van der Waals surface area (Å²) in [5.41, 5.74) is 7.40. The van der Waals surface area contributed by atoms with E-state index in [0.717, 1.165) is 5.56 Å². The minimum absolute atomic E-state index is 0.254. The summed E-state index contributed by atoms with van der Waals surface area (Å²) in [5.74, 6) is 0.282. The summed E-state index contributed by atoms with van der Waals surface area (Å²) in [6.45, 7) is 1.80. The Balaban J connectivity index is 2.26. The van der Waals surface area contributed by atoms with E-state index in [-0.39, 0.29) is 11.5 Å². The van der Waals surface area contributed by atoms with E-state index in [4.69, 9.17) is 15.2 Å². The van der Waals surface area contributed by atoms with Crippen molar-refractivity contribution >= 4 is 23.1 Å². The van der Waals surface area contributed by atoms with Crippen molar-refractivity contribution in [2.24, 2.45) is 5.73 Å². The zero-order valence-electron chi connectivity index (χ0n) is 14.3. The van der Waals surface area contributed by atoms with Gasteiger partial charge in [0.1, 0.15) is 11.5 Å².